The van der Waals surface area contributed by atoms with Gasteiger partial charge in [0.25, 0.3) is 5.91 Å². The van der Waals surface area contributed by atoms with Crippen LogP contribution in [0, 0.1) is 14.9 Å². The van der Waals surface area contributed by atoms with Crippen LogP contribution in [0.1, 0.15) is 12.5 Å². The molecule has 0 fully saturated rings. The molecule has 0 aliphatic carbocycles. The molecule has 2 rings (SSSR count). The number of esters is 1. The van der Waals surface area contributed by atoms with Crippen molar-refractivity contribution >= 4 is 46.2 Å². The summed E-state index contributed by atoms with van der Waals surface area (Å²) in [5.74, 6) is -0.486. The fourth-order valence-electron chi connectivity index (χ4n) is 1.87. The average molecular weight is 432 g/mol. The lowest BCUT2D eigenvalue weighted by atomic mass is 10.1. The first-order chi connectivity index (χ1) is 11.5. The van der Waals surface area contributed by atoms with E-state index >= 15 is 0 Å². The number of para-hydroxylation sites is 1. The number of hydrogen-bond donors (Lipinski definition) is 1. The molecule has 0 saturated heterocycles. The van der Waals surface area contributed by atoms with Crippen molar-refractivity contribution in [1.82, 2.24) is 0 Å². The van der Waals surface area contributed by atoms with Crippen LogP contribution >= 0.6 is 22.6 Å². The fraction of sp³-hybridized carbons (Fsp3) is 0.0556. The van der Waals surface area contributed by atoms with Gasteiger partial charge in [-0.1, -0.05) is 24.3 Å². The molecule has 6 heteroatoms. The van der Waals surface area contributed by atoms with Crippen LogP contribution in [0.5, 0.6) is 5.75 Å². The Labute approximate surface area is 153 Å². The Bertz CT molecular complexity index is 836. The van der Waals surface area contributed by atoms with Crippen molar-refractivity contribution in [3.05, 3.63) is 63.2 Å². The van der Waals surface area contributed by atoms with Gasteiger partial charge in [-0.2, -0.15) is 5.26 Å². The highest BCUT2D eigenvalue weighted by Crippen LogP contribution is 2.19. The molecule has 24 heavy (non-hydrogen) atoms. The summed E-state index contributed by atoms with van der Waals surface area (Å²) in [4.78, 5) is 23.1. The predicted molar refractivity (Wildman–Crippen MR) is 99.1 cm³/mol. The fourth-order valence-corrected chi connectivity index (χ4v) is 2.39. The highest BCUT2D eigenvalue weighted by Gasteiger charge is 2.11. The van der Waals surface area contributed by atoms with Gasteiger partial charge in [-0.25, -0.2) is 0 Å². The van der Waals surface area contributed by atoms with E-state index in [1.807, 2.05) is 18.2 Å². The van der Waals surface area contributed by atoms with Crippen LogP contribution in [-0.4, -0.2) is 11.9 Å². The molecule has 1 amide bonds. The second-order valence-electron chi connectivity index (χ2n) is 4.77. The molecule has 2 aromatic rings. The number of nitriles is 1. The Morgan fingerprint density at radius 3 is 2.42 bits per heavy atom. The standard InChI is InChI=1S/C18H13IN2O3/c1-12(22)24-15-8-6-13(7-9-15)10-14(11-20)18(23)21-17-5-3-2-4-16(17)19/h2-10H,1H3,(H,21,23)/b14-10-. The SMILES string of the molecule is CC(=O)Oc1ccc(/C=C(/C#N)C(=O)Nc2ccccc2I)cc1. The average Bonchev–Trinajstić information content (AvgIpc) is 2.55. The number of nitrogens with one attached hydrogen (secondary N) is 1. The monoisotopic (exact) mass is 432 g/mol. The first-order valence-corrected chi connectivity index (χ1v) is 8.03. The maximum absolute atomic E-state index is 12.2. The number of rotatable bonds is 4. The Hall–Kier alpha value is -2.66. The van der Waals surface area contributed by atoms with Crippen LogP contribution in [0.3, 0.4) is 0 Å². The van der Waals surface area contributed by atoms with Gasteiger partial charge in [0.15, 0.2) is 0 Å². The Morgan fingerprint density at radius 1 is 1.17 bits per heavy atom. The first kappa shape index (κ1) is 17.7. The number of carbonyl (C=O) groups is 2. The molecule has 2 aromatic carbocycles. The number of amides is 1. The molecule has 0 bridgehead atoms. The van der Waals surface area contributed by atoms with Crippen molar-refractivity contribution in [3.63, 3.8) is 0 Å². The van der Waals surface area contributed by atoms with Crippen LogP contribution in [0.15, 0.2) is 54.1 Å². The van der Waals surface area contributed by atoms with Crippen molar-refractivity contribution in [2.45, 2.75) is 6.92 Å². The molecule has 0 radical (unpaired) electrons. The van der Waals surface area contributed by atoms with Gasteiger partial charge < -0.3 is 10.1 Å². The van der Waals surface area contributed by atoms with E-state index < -0.39 is 11.9 Å². The molecule has 0 aliphatic rings. The van der Waals surface area contributed by atoms with Crippen LogP contribution in [0.4, 0.5) is 5.69 Å². The number of nitrogens with zero attached hydrogens (tertiary/aromatic N) is 1. The summed E-state index contributed by atoms with van der Waals surface area (Å²) in [5, 5.41) is 11.9. The molecule has 0 aliphatic heterocycles. The Kier molecular flexibility index (Phi) is 6.09. The van der Waals surface area contributed by atoms with E-state index in [9.17, 15) is 14.9 Å². The van der Waals surface area contributed by atoms with Crippen molar-refractivity contribution < 1.29 is 14.3 Å². The normalized spacial score (nSPS) is 10.6. The minimum absolute atomic E-state index is 0.0186. The number of carbonyl (C=O) groups excluding carboxylic acids is 2. The van der Waals surface area contributed by atoms with Crippen molar-refractivity contribution in [3.8, 4) is 11.8 Å². The first-order valence-electron chi connectivity index (χ1n) is 6.96. The maximum atomic E-state index is 12.2. The largest absolute Gasteiger partial charge is 0.427 e. The molecule has 0 atom stereocenters. The molecule has 0 saturated carbocycles. The Balaban J connectivity index is 2.16. The van der Waals surface area contributed by atoms with Crippen molar-refractivity contribution in [2.24, 2.45) is 0 Å². The van der Waals surface area contributed by atoms with E-state index in [-0.39, 0.29) is 5.57 Å². The topological polar surface area (TPSA) is 79.2 Å². The number of hydrogen-bond acceptors (Lipinski definition) is 4. The summed E-state index contributed by atoms with van der Waals surface area (Å²) in [7, 11) is 0. The van der Waals surface area contributed by atoms with E-state index in [4.69, 9.17) is 4.74 Å². The van der Waals surface area contributed by atoms with Crippen LogP contribution in [0.2, 0.25) is 0 Å². The van der Waals surface area contributed by atoms with E-state index in [0.717, 1.165) is 3.57 Å². The maximum Gasteiger partial charge on any atom is 0.308 e. The van der Waals surface area contributed by atoms with E-state index in [1.54, 1.807) is 36.4 Å². The second-order valence-corrected chi connectivity index (χ2v) is 5.93. The third-order valence-corrected chi connectivity index (χ3v) is 3.88. The summed E-state index contributed by atoms with van der Waals surface area (Å²) in [6.45, 7) is 1.32. The minimum atomic E-state index is -0.481. The van der Waals surface area contributed by atoms with Gasteiger partial charge in [0.05, 0.1) is 5.69 Å². The molecule has 1 N–H and O–H groups in total. The van der Waals surface area contributed by atoms with E-state index in [0.29, 0.717) is 17.0 Å². The lowest BCUT2D eigenvalue weighted by Gasteiger charge is -2.06. The number of benzene rings is 2. The summed E-state index contributed by atoms with van der Waals surface area (Å²) < 4.78 is 5.82. The molecular formula is C18H13IN2O3. The summed E-state index contributed by atoms with van der Waals surface area (Å²) >= 11 is 2.11. The zero-order valence-electron chi connectivity index (χ0n) is 12.7. The molecule has 5 nitrogen and oxygen atoms in total. The molecule has 0 unspecified atom stereocenters. The molecule has 120 valence electrons. The van der Waals surface area contributed by atoms with Gasteiger partial charge in [0.1, 0.15) is 17.4 Å². The quantitative estimate of drug-likeness (QED) is 0.262. The smallest absolute Gasteiger partial charge is 0.308 e. The van der Waals surface area contributed by atoms with Crippen LogP contribution in [0.25, 0.3) is 6.08 Å². The van der Waals surface area contributed by atoms with Crippen LogP contribution in [-0.2, 0) is 9.59 Å². The molecule has 0 spiro atoms. The van der Waals surface area contributed by atoms with Gasteiger partial charge in [-0.3, -0.25) is 9.59 Å². The van der Waals surface area contributed by atoms with Gasteiger partial charge >= 0.3 is 5.97 Å². The van der Waals surface area contributed by atoms with Gasteiger partial charge in [0, 0.05) is 10.5 Å². The summed E-state index contributed by atoms with van der Waals surface area (Å²) in [5.41, 5.74) is 1.28. The molecule has 0 aromatic heterocycles. The van der Waals surface area contributed by atoms with Gasteiger partial charge in [-0.05, 0) is 58.5 Å². The lowest BCUT2D eigenvalue weighted by molar-refractivity contribution is -0.131. The van der Waals surface area contributed by atoms with Crippen LogP contribution < -0.4 is 10.1 Å². The van der Waals surface area contributed by atoms with Gasteiger partial charge in [0.2, 0.25) is 0 Å². The number of halogens is 1. The molecule has 0 heterocycles. The van der Waals surface area contributed by atoms with E-state index in [1.165, 1.54) is 13.0 Å². The lowest BCUT2D eigenvalue weighted by Crippen LogP contribution is -2.14. The van der Waals surface area contributed by atoms with Gasteiger partial charge in [-0.15, -0.1) is 0 Å². The van der Waals surface area contributed by atoms with Crippen molar-refractivity contribution in [1.29, 1.82) is 5.26 Å². The predicted octanol–water partition coefficient (Wildman–Crippen LogP) is 3.76. The van der Waals surface area contributed by atoms with Crippen molar-refractivity contribution in [2.75, 3.05) is 5.32 Å². The van der Waals surface area contributed by atoms with E-state index in [2.05, 4.69) is 27.9 Å². The number of anilines is 1. The zero-order valence-corrected chi connectivity index (χ0v) is 14.9. The minimum Gasteiger partial charge on any atom is -0.427 e. The number of ether oxygens (including phenoxy) is 1. The summed E-state index contributed by atoms with van der Waals surface area (Å²) in [6, 6.07) is 15.7. The highest BCUT2D eigenvalue weighted by atomic mass is 127. The third-order valence-electron chi connectivity index (χ3n) is 2.94. The highest BCUT2D eigenvalue weighted by molar-refractivity contribution is 14.1. The third kappa shape index (κ3) is 4.93. The Morgan fingerprint density at radius 2 is 1.83 bits per heavy atom. The zero-order chi connectivity index (χ0) is 17.5. The molecular weight excluding hydrogens is 419 g/mol. The second kappa shape index (κ2) is 8.26. The summed E-state index contributed by atoms with van der Waals surface area (Å²) in [6.07, 6.45) is 1.47.